The van der Waals surface area contributed by atoms with Crippen molar-refractivity contribution in [3.8, 4) is 0 Å². The van der Waals surface area contributed by atoms with Gasteiger partial charge in [0.15, 0.2) is 0 Å². The largest absolute Gasteiger partial charge is 0.0842 e. The third-order valence-electron chi connectivity index (χ3n) is 2.17. The van der Waals surface area contributed by atoms with Crippen LogP contribution in [0.1, 0.15) is 23.1 Å². The molecule has 0 unspecified atom stereocenters. The van der Waals surface area contributed by atoms with E-state index in [2.05, 4.69) is 32.0 Å². The second-order valence-corrected chi connectivity index (χ2v) is 3.19. The maximum atomic E-state index is 5.32. The highest BCUT2D eigenvalue weighted by Crippen LogP contribution is 2.11. The SMILES string of the molecule is [CH]=CCCc1ccc(C)c(C)c1. The molecule has 12 heavy (non-hydrogen) atoms. The van der Waals surface area contributed by atoms with Gasteiger partial charge in [-0.2, -0.15) is 0 Å². The Morgan fingerprint density at radius 1 is 1.25 bits per heavy atom. The Morgan fingerprint density at radius 2 is 2.00 bits per heavy atom. The van der Waals surface area contributed by atoms with Crippen LogP contribution < -0.4 is 0 Å². The van der Waals surface area contributed by atoms with E-state index in [-0.39, 0.29) is 0 Å². The molecule has 0 saturated carbocycles. The molecule has 0 spiro atoms. The van der Waals surface area contributed by atoms with E-state index in [0.717, 1.165) is 12.8 Å². The minimum atomic E-state index is 0.961. The van der Waals surface area contributed by atoms with E-state index in [9.17, 15) is 0 Å². The number of benzene rings is 1. The molecule has 0 aromatic heterocycles. The molecule has 0 heteroatoms. The molecule has 0 nitrogen and oxygen atoms in total. The van der Waals surface area contributed by atoms with E-state index >= 15 is 0 Å². The van der Waals surface area contributed by atoms with Gasteiger partial charge >= 0.3 is 0 Å². The highest BCUT2D eigenvalue weighted by atomic mass is 14.0. The number of aryl methyl sites for hydroxylation is 3. The van der Waals surface area contributed by atoms with Gasteiger partial charge in [-0.25, -0.2) is 0 Å². The van der Waals surface area contributed by atoms with Crippen LogP contribution in [0.4, 0.5) is 0 Å². The summed E-state index contributed by atoms with van der Waals surface area (Å²) in [7, 11) is 0. The summed E-state index contributed by atoms with van der Waals surface area (Å²) < 4.78 is 0. The van der Waals surface area contributed by atoms with Gasteiger partial charge in [-0.15, -0.1) is 0 Å². The molecule has 0 atom stereocenters. The molecule has 0 amide bonds. The van der Waals surface area contributed by atoms with Crippen molar-refractivity contribution in [2.24, 2.45) is 0 Å². The number of hydrogen-bond donors (Lipinski definition) is 0. The molecule has 1 aromatic rings. The van der Waals surface area contributed by atoms with Gasteiger partial charge in [0, 0.05) is 0 Å². The van der Waals surface area contributed by atoms with Gasteiger partial charge in [-0.3, -0.25) is 0 Å². The van der Waals surface area contributed by atoms with Crippen LogP contribution in [-0.4, -0.2) is 0 Å². The Hall–Kier alpha value is -1.04. The van der Waals surface area contributed by atoms with Crippen molar-refractivity contribution in [2.75, 3.05) is 0 Å². The maximum absolute atomic E-state index is 5.32. The van der Waals surface area contributed by atoms with Gasteiger partial charge in [-0.05, 0) is 43.4 Å². The Balaban J connectivity index is 2.75. The number of allylic oxidation sites excluding steroid dienone is 1. The van der Waals surface area contributed by atoms with Crippen molar-refractivity contribution in [3.05, 3.63) is 47.5 Å². The smallest absolute Gasteiger partial charge is 0.0244 e. The van der Waals surface area contributed by atoms with Crippen LogP contribution in [0.15, 0.2) is 24.3 Å². The zero-order chi connectivity index (χ0) is 8.97. The van der Waals surface area contributed by atoms with Crippen LogP contribution in [0, 0.1) is 20.4 Å². The lowest BCUT2D eigenvalue weighted by atomic mass is 10.0. The molecule has 0 bridgehead atoms. The molecule has 0 aliphatic carbocycles. The summed E-state index contributed by atoms with van der Waals surface area (Å²) in [4.78, 5) is 0. The molecular formula is C12H15. The third-order valence-corrected chi connectivity index (χ3v) is 2.17. The van der Waals surface area contributed by atoms with Gasteiger partial charge in [0.2, 0.25) is 0 Å². The van der Waals surface area contributed by atoms with Crippen molar-refractivity contribution >= 4 is 0 Å². The van der Waals surface area contributed by atoms with Crippen LogP contribution in [0.25, 0.3) is 0 Å². The van der Waals surface area contributed by atoms with Gasteiger partial charge in [0.05, 0.1) is 0 Å². The standard InChI is InChI=1S/C12H15/c1-4-5-6-12-8-7-10(2)11(3)9-12/h1,4,7-9H,5-6H2,2-3H3. The van der Waals surface area contributed by atoms with Crippen LogP contribution in [0.2, 0.25) is 0 Å². The van der Waals surface area contributed by atoms with E-state index in [1.165, 1.54) is 16.7 Å². The fourth-order valence-corrected chi connectivity index (χ4v) is 1.21. The molecule has 1 radical (unpaired) electrons. The summed E-state index contributed by atoms with van der Waals surface area (Å²) in [6.07, 6.45) is 3.73. The second-order valence-electron chi connectivity index (χ2n) is 3.19. The second kappa shape index (κ2) is 4.10. The lowest BCUT2D eigenvalue weighted by molar-refractivity contribution is 0.997. The molecule has 0 heterocycles. The van der Waals surface area contributed by atoms with Crippen molar-refractivity contribution < 1.29 is 0 Å². The van der Waals surface area contributed by atoms with Gasteiger partial charge in [-0.1, -0.05) is 30.9 Å². The van der Waals surface area contributed by atoms with E-state index in [0.29, 0.717) is 0 Å². The Morgan fingerprint density at radius 3 is 2.58 bits per heavy atom. The molecule has 0 fully saturated rings. The van der Waals surface area contributed by atoms with Crippen LogP contribution >= 0.6 is 0 Å². The maximum Gasteiger partial charge on any atom is -0.0244 e. The summed E-state index contributed by atoms with van der Waals surface area (Å²) in [6, 6.07) is 6.58. The van der Waals surface area contributed by atoms with E-state index in [4.69, 9.17) is 6.58 Å². The third kappa shape index (κ3) is 2.23. The Bertz CT molecular complexity index is 271. The highest BCUT2D eigenvalue weighted by molar-refractivity contribution is 5.30. The van der Waals surface area contributed by atoms with Gasteiger partial charge in [0.1, 0.15) is 0 Å². The van der Waals surface area contributed by atoms with Gasteiger partial charge < -0.3 is 0 Å². The minimum Gasteiger partial charge on any atom is -0.0842 e. The monoisotopic (exact) mass is 159 g/mol. The lowest BCUT2D eigenvalue weighted by Gasteiger charge is -2.03. The molecule has 0 N–H and O–H groups in total. The van der Waals surface area contributed by atoms with Crippen molar-refractivity contribution in [1.82, 2.24) is 0 Å². The van der Waals surface area contributed by atoms with Crippen LogP contribution in [-0.2, 0) is 6.42 Å². The summed E-state index contributed by atoms with van der Waals surface area (Å²) in [6.45, 7) is 9.60. The summed E-state index contributed by atoms with van der Waals surface area (Å²) >= 11 is 0. The van der Waals surface area contributed by atoms with E-state index in [1.807, 2.05) is 0 Å². The topological polar surface area (TPSA) is 0 Å². The molecule has 63 valence electrons. The Labute approximate surface area is 74.9 Å². The van der Waals surface area contributed by atoms with Crippen molar-refractivity contribution in [3.63, 3.8) is 0 Å². The fraction of sp³-hybridized carbons (Fsp3) is 0.333. The number of rotatable bonds is 3. The van der Waals surface area contributed by atoms with Crippen molar-refractivity contribution in [2.45, 2.75) is 26.7 Å². The summed E-state index contributed by atoms with van der Waals surface area (Å²) in [5.41, 5.74) is 4.10. The first-order valence-corrected chi connectivity index (χ1v) is 4.33. The zero-order valence-corrected chi connectivity index (χ0v) is 7.80. The molecule has 1 aromatic carbocycles. The molecular weight excluding hydrogens is 144 g/mol. The Kier molecular flexibility index (Phi) is 3.09. The summed E-state index contributed by atoms with van der Waals surface area (Å²) in [5.74, 6) is 0. The predicted molar refractivity (Wildman–Crippen MR) is 53.1 cm³/mol. The predicted octanol–water partition coefficient (Wildman–Crippen LogP) is 3.23. The van der Waals surface area contributed by atoms with E-state index in [1.54, 1.807) is 6.08 Å². The highest BCUT2D eigenvalue weighted by Gasteiger charge is 1.94. The first-order valence-electron chi connectivity index (χ1n) is 4.33. The first-order chi connectivity index (χ1) is 5.74. The first kappa shape index (κ1) is 9.05. The molecule has 0 aliphatic rings. The summed E-state index contributed by atoms with van der Waals surface area (Å²) in [5, 5.41) is 0. The average Bonchev–Trinajstić information content (AvgIpc) is 2.07. The normalized spacial score (nSPS) is 9.83. The zero-order valence-electron chi connectivity index (χ0n) is 7.80. The minimum absolute atomic E-state index is 0.961. The van der Waals surface area contributed by atoms with Crippen molar-refractivity contribution in [1.29, 1.82) is 0 Å². The fourth-order valence-electron chi connectivity index (χ4n) is 1.21. The quantitative estimate of drug-likeness (QED) is 0.635. The average molecular weight is 159 g/mol. The van der Waals surface area contributed by atoms with Crippen LogP contribution in [0.5, 0.6) is 0 Å². The van der Waals surface area contributed by atoms with Gasteiger partial charge in [0.25, 0.3) is 0 Å². The molecule has 0 saturated heterocycles. The van der Waals surface area contributed by atoms with E-state index < -0.39 is 0 Å². The number of hydrogen-bond acceptors (Lipinski definition) is 0. The molecule has 1 rings (SSSR count). The molecule has 0 aliphatic heterocycles. The lowest BCUT2D eigenvalue weighted by Crippen LogP contribution is -1.86. The van der Waals surface area contributed by atoms with Crippen LogP contribution in [0.3, 0.4) is 0 Å².